The van der Waals surface area contributed by atoms with E-state index in [1.807, 2.05) is 72.8 Å². The number of methoxy groups -OCH3 is 1. The van der Waals surface area contributed by atoms with Crippen molar-refractivity contribution in [1.82, 2.24) is 4.98 Å². The molecule has 1 aromatic heterocycles. The minimum absolute atomic E-state index is 0.141. The first-order valence-corrected chi connectivity index (χ1v) is 12.5. The molecule has 0 radical (unpaired) electrons. The van der Waals surface area contributed by atoms with Gasteiger partial charge in [0.1, 0.15) is 18.0 Å². The Kier molecular flexibility index (Phi) is 7.29. The van der Waals surface area contributed by atoms with Crippen molar-refractivity contribution < 1.29 is 23.8 Å². The zero-order valence-electron chi connectivity index (χ0n) is 20.9. The molecule has 0 atom stereocenters. The van der Waals surface area contributed by atoms with Crippen LogP contribution in [0.25, 0.3) is 33.6 Å². The molecule has 4 aromatic rings. The van der Waals surface area contributed by atoms with Gasteiger partial charge in [0, 0.05) is 16.1 Å². The highest BCUT2D eigenvalue weighted by Gasteiger charge is 2.28. The van der Waals surface area contributed by atoms with Gasteiger partial charge in [-0.15, -0.1) is 0 Å². The predicted molar refractivity (Wildman–Crippen MR) is 147 cm³/mol. The van der Waals surface area contributed by atoms with Gasteiger partial charge >= 0.3 is 5.97 Å². The lowest BCUT2D eigenvalue weighted by atomic mass is 9.99. The summed E-state index contributed by atoms with van der Waals surface area (Å²) in [4.78, 5) is 31.2. The van der Waals surface area contributed by atoms with Gasteiger partial charge in [0.05, 0.1) is 30.8 Å². The van der Waals surface area contributed by atoms with E-state index in [2.05, 4.69) is 0 Å². The Morgan fingerprint density at radius 1 is 0.921 bits per heavy atom. The van der Waals surface area contributed by atoms with Crippen molar-refractivity contribution >= 4 is 29.2 Å². The van der Waals surface area contributed by atoms with E-state index in [0.29, 0.717) is 22.2 Å². The Bertz CT molecular complexity index is 1490. The van der Waals surface area contributed by atoms with Crippen molar-refractivity contribution in [3.8, 4) is 45.1 Å². The molecule has 1 aliphatic heterocycles. The summed E-state index contributed by atoms with van der Waals surface area (Å²) in [6, 6.07) is 24.8. The maximum absolute atomic E-state index is 12.7. The number of amides is 1. The SMILES string of the molecule is CCOC(=O)CN1C(=O)COc2ccc(-c3cc(-c4ccc(OC)cc4)cc(-c4ccc(Cl)cc4)n3)cc21. The van der Waals surface area contributed by atoms with E-state index in [0.717, 1.165) is 33.7 Å². The Morgan fingerprint density at radius 2 is 1.58 bits per heavy atom. The molecule has 0 saturated heterocycles. The zero-order chi connectivity index (χ0) is 26.6. The van der Waals surface area contributed by atoms with Gasteiger partial charge in [-0.1, -0.05) is 35.9 Å². The van der Waals surface area contributed by atoms with Crippen LogP contribution in [0.5, 0.6) is 11.5 Å². The van der Waals surface area contributed by atoms with Gasteiger partial charge in [-0.05, 0) is 72.6 Å². The number of benzene rings is 3. The van der Waals surface area contributed by atoms with Gasteiger partial charge in [-0.25, -0.2) is 4.98 Å². The van der Waals surface area contributed by atoms with Gasteiger partial charge in [0.25, 0.3) is 5.91 Å². The van der Waals surface area contributed by atoms with Crippen LogP contribution in [0.2, 0.25) is 5.02 Å². The van der Waals surface area contributed by atoms with E-state index >= 15 is 0 Å². The lowest BCUT2D eigenvalue weighted by molar-refractivity contribution is -0.142. The summed E-state index contributed by atoms with van der Waals surface area (Å²) in [6.45, 7) is 1.63. The summed E-state index contributed by atoms with van der Waals surface area (Å²) in [7, 11) is 1.63. The number of rotatable bonds is 7. The summed E-state index contributed by atoms with van der Waals surface area (Å²) >= 11 is 6.12. The number of carbonyl (C=O) groups excluding carboxylic acids is 2. The van der Waals surface area contributed by atoms with Crippen LogP contribution in [-0.2, 0) is 14.3 Å². The molecule has 2 heterocycles. The largest absolute Gasteiger partial charge is 0.497 e. The number of hydrogen-bond donors (Lipinski definition) is 0. The Balaban J connectivity index is 1.61. The molecule has 0 spiro atoms. The fourth-order valence-corrected chi connectivity index (χ4v) is 4.39. The number of ether oxygens (including phenoxy) is 3. The molecule has 0 bridgehead atoms. The number of carbonyl (C=O) groups is 2. The van der Waals surface area contributed by atoms with E-state index in [1.165, 1.54) is 4.90 Å². The molecular formula is C30H25ClN2O5. The molecule has 0 aliphatic carbocycles. The minimum Gasteiger partial charge on any atom is -0.497 e. The Hall–Kier alpha value is -4.36. The van der Waals surface area contributed by atoms with Crippen molar-refractivity contribution in [2.24, 2.45) is 0 Å². The third-order valence-electron chi connectivity index (χ3n) is 6.18. The average Bonchev–Trinajstić information content (AvgIpc) is 2.94. The lowest BCUT2D eigenvalue weighted by Crippen LogP contribution is -2.42. The Morgan fingerprint density at radius 3 is 2.26 bits per heavy atom. The number of halogens is 1. The first-order chi connectivity index (χ1) is 18.4. The number of fused-ring (bicyclic) bond motifs is 1. The third-order valence-corrected chi connectivity index (χ3v) is 6.43. The van der Waals surface area contributed by atoms with Crippen LogP contribution in [0.4, 0.5) is 5.69 Å². The van der Waals surface area contributed by atoms with Crippen molar-refractivity contribution in [3.63, 3.8) is 0 Å². The fraction of sp³-hybridized carbons (Fsp3) is 0.167. The van der Waals surface area contributed by atoms with E-state index in [1.54, 1.807) is 20.1 Å². The topological polar surface area (TPSA) is 78.0 Å². The molecule has 0 N–H and O–H groups in total. The van der Waals surface area contributed by atoms with Crippen molar-refractivity contribution in [1.29, 1.82) is 0 Å². The molecule has 8 heteroatoms. The second-order valence-electron chi connectivity index (χ2n) is 8.62. The van der Waals surface area contributed by atoms with Crippen LogP contribution < -0.4 is 14.4 Å². The van der Waals surface area contributed by atoms with Crippen LogP contribution in [-0.4, -0.2) is 43.7 Å². The minimum atomic E-state index is -0.483. The van der Waals surface area contributed by atoms with Crippen molar-refractivity contribution in [3.05, 3.63) is 83.9 Å². The first kappa shape index (κ1) is 25.3. The highest BCUT2D eigenvalue weighted by Crippen LogP contribution is 2.38. The molecule has 38 heavy (non-hydrogen) atoms. The molecule has 3 aromatic carbocycles. The van der Waals surface area contributed by atoms with Gasteiger partial charge in [-0.2, -0.15) is 0 Å². The fourth-order valence-electron chi connectivity index (χ4n) is 4.27. The second kappa shape index (κ2) is 10.9. The molecule has 192 valence electrons. The van der Waals surface area contributed by atoms with Crippen LogP contribution in [0, 0.1) is 0 Å². The molecule has 0 fully saturated rings. The first-order valence-electron chi connectivity index (χ1n) is 12.1. The van der Waals surface area contributed by atoms with Crippen molar-refractivity contribution in [2.75, 3.05) is 31.8 Å². The number of anilines is 1. The van der Waals surface area contributed by atoms with Crippen LogP contribution >= 0.6 is 11.6 Å². The van der Waals surface area contributed by atoms with Gasteiger partial charge < -0.3 is 14.2 Å². The summed E-state index contributed by atoms with van der Waals surface area (Å²) in [6.07, 6.45) is 0. The highest BCUT2D eigenvalue weighted by molar-refractivity contribution is 6.30. The monoisotopic (exact) mass is 528 g/mol. The zero-order valence-corrected chi connectivity index (χ0v) is 21.7. The maximum Gasteiger partial charge on any atom is 0.326 e. The Labute approximate surface area is 225 Å². The summed E-state index contributed by atoms with van der Waals surface area (Å²) in [5.74, 6) is 0.483. The number of esters is 1. The summed E-state index contributed by atoms with van der Waals surface area (Å²) < 4.78 is 16.0. The number of nitrogens with zero attached hydrogens (tertiary/aromatic N) is 2. The van der Waals surface area contributed by atoms with E-state index in [9.17, 15) is 9.59 Å². The standard InChI is InChI=1S/C30H25ClN2O5/c1-3-37-30(35)17-33-27-16-21(8-13-28(27)38-18-29(33)34)26-15-22(19-6-11-24(36-2)12-7-19)14-25(32-26)20-4-9-23(31)10-5-20/h4-16H,3,17-18H2,1-2H3. The number of aromatic nitrogens is 1. The van der Waals surface area contributed by atoms with Crippen molar-refractivity contribution in [2.45, 2.75) is 6.92 Å². The molecule has 7 nitrogen and oxygen atoms in total. The quantitative estimate of drug-likeness (QED) is 0.272. The van der Waals surface area contributed by atoms with Gasteiger partial charge in [0.15, 0.2) is 6.61 Å². The van der Waals surface area contributed by atoms with E-state index in [-0.39, 0.29) is 25.7 Å². The summed E-state index contributed by atoms with van der Waals surface area (Å²) in [5, 5.41) is 0.640. The molecule has 1 aliphatic rings. The number of pyridine rings is 1. The second-order valence-corrected chi connectivity index (χ2v) is 9.05. The molecule has 5 rings (SSSR count). The molecular weight excluding hydrogens is 504 g/mol. The molecule has 0 saturated carbocycles. The molecule has 0 unspecified atom stereocenters. The highest BCUT2D eigenvalue weighted by atomic mass is 35.5. The van der Waals surface area contributed by atoms with Crippen LogP contribution in [0.3, 0.4) is 0 Å². The summed E-state index contributed by atoms with van der Waals surface area (Å²) in [5.41, 5.74) is 5.57. The van der Waals surface area contributed by atoms with E-state index < -0.39 is 5.97 Å². The molecule has 1 amide bonds. The number of hydrogen-bond acceptors (Lipinski definition) is 6. The smallest absolute Gasteiger partial charge is 0.326 e. The van der Waals surface area contributed by atoms with Crippen LogP contribution in [0.1, 0.15) is 6.92 Å². The maximum atomic E-state index is 12.7. The van der Waals surface area contributed by atoms with E-state index in [4.69, 9.17) is 30.8 Å². The van der Waals surface area contributed by atoms with Gasteiger partial charge in [0.2, 0.25) is 0 Å². The average molecular weight is 529 g/mol. The van der Waals surface area contributed by atoms with Crippen LogP contribution in [0.15, 0.2) is 78.9 Å². The predicted octanol–water partition coefficient (Wildman–Crippen LogP) is 6.03. The lowest BCUT2D eigenvalue weighted by Gasteiger charge is -2.29. The van der Waals surface area contributed by atoms with Gasteiger partial charge in [-0.3, -0.25) is 14.5 Å². The normalized spacial score (nSPS) is 12.5. The third kappa shape index (κ3) is 5.33.